The lowest BCUT2D eigenvalue weighted by Gasteiger charge is -2.31. The fourth-order valence-electron chi connectivity index (χ4n) is 2.93. The first-order chi connectivity index (χ1) is 9.72. The third-order valence-electron chi connectivity index (χ3n) is 3.96. The number of pyridine rings is 1. The summed E-state index contributed by atoms with van der Waals surface area (Å²) in [5.41, 5.74) is -0.0843. The van der Waals surface area contributed by atoms with E-state index in [-0.39, 0.29) is 5.78 Å². The van der Waals surface area contributed by atoms with Gasteiger partial charge in [0.15, 0.2) is 5.78 Å². The number of ether oxygens (including phenoxy) is 2. The largest absolute Gasteiger partial charge is 0.495 e. The van der Waals surface area contributed by atoms with Crippen molar-refractivity contribution in [3.05, 3.63) is 24.0 Å². The molecule has 0 N–H and O–H groups in total. The zero-order valence-corrected chi connectivity index (χ0v) is 12.4. The fraction of sp³-hybridized carbons (Fsp3) is 0.625. The van der Waals surface area contributed by atoms with E-state index in [1.807, 2.05) is 6.92 Å². The van der Waals surface area contributed by atoms with Crippen LogP contribution in [0.2, 0.25) is 0 Å². The molecule has 1 saturated carbocycles. The van der Waals surface area contributed by atoms with Gasteiger partial charge in [0.2, 0.25) is 0 Å². The summed E-state index contributed by atoms with van der Waals surface area (Å²) >= 11 is 0. The number of nitrogens with zero attached hydrogens (tertiary/aromatic N) is 1. The molecule has 0 spiro atoms. The molecule has 0 amide bonds. The maximum Gasteiger partial charge on any atom is 0.196 e. The predicted molar refractivity (Wildman–Crippen MR) is 77.2 cm³/mol. The van der Waals surface area contributed by atoms with Gasteiger partial charge in [-0.05, 0) is 25.8 Å². The molecule has 4 nitrogen and oxygen atoms in total. The van der Waals surface area contributed by atoms with E-state index in [1.54, 1.807) is 25.6 Å². The van der Waals surface area contributed by atoms with E-state index in [0.29, 0.717) is 17.9 Å². The van der Waals surface area contributed by atoms with Crippen molar-refractivity contribution in [2.45, 2.75) is 51.0 Å². The Hall–Kier alpha value is -1.42. The minimum absolute atomic E-state index is 0.0488. The lowest BCUT2D eigenvalue weighted by atomic mass is 9.86. The average molecular weight is 277 g/mol. The first kappa shape index (κ1) is 15.0. The molecule has 2 rings (SSSR count). The summed E-state index contributed by atoms with van der Waals surface area (Å²) in [5.74, 6) is 0.656. The van der Waals surface area contributed by atoms with Crippen molar-refractivity contribution < 1.29 is 14.3 Å². The Morgan fingerprint density at radius 3 is 2.55 bits per heavy atom. The first-order valence-corrected chi connectivity index (χ1v) is 7.39. The number of hydrogen-bond donors (Lipinski definition) is 0. The molecule has 1 aromatic rings. The molecule has 0 aliphatic heterocycles. The highest BCUT2D eigenvalue weighted by atomic mass is 16.5. The molecule has 0 atom stereocenters. The molecule has 1 fully saturated rings. The summed E-state index contributed by atoms with van der Waals surface area (Å²) < 4.78 is 11.1. The Kier molecular flexibility index (Phi) is 5.12. The van der Waals surface area contributed by atoms with Gasteiger partial charge in [-0.1, -0.05) is 25.7 Å². The minimum atomic E-state index is -0.667. The molecule has 1 aliphatic carbocycles. The van der Waals surface area contributed by atoms with Crippen LogP contribution < -0.4 is 4.74 Å². The van der Waals surface area contributed by atoms with E-state index in [0.717, 1.165) is 25.7 Å². The van der Waals surface area contributed by atoms with Crippen molar-refractivity contribution in [3.8, 4) is 5.75 Å². The number of carbonyl (C=O) groups is 1. The SMILES string of the molecule is CCOC1(C(=O)c2cncc(OC)c2)CCCCCC1. The molecule has 20 heavy (non-hydrogen) atoms. The van der Waals surface area contributed by atoms with E-state index in [9.17, 15) is 4.79 Å². The van der Waals surface area contributed by atoms with E-state index >= 15 is 0 Å². The quantitative estimate of drug-likeness (QED) is 0.611. The van der Waals surface area contributed by atoms with Crippen molar-refractivity contribution in [1.82, 2.24) is 4.98 Å². The Bertz CT molecular complexity index is 451. The monoisotopic (exact) mass is 277 g/mol. The molecule has 1 aromatic heterocycles. The number of ketones is 1. The smallest absolute Gasteiger partial charge is 0.196 e. The third-order valence-corrected chi connectivity index (χ3v) is 3.96. The second kappa shape index (κ2) is 6.84. The topological polar surface area (TPSA) is 48.4 Å². The van der Waals surface area contributed by atoms with E-state index in [4.69, 9.17) is 9.47 Å². The Labute approximate surface area is 120 Å². The highest BCUT2D eigenvalue weighted by Crippen LogP contribution is 2.34. The van der Waals surface area contributed by atoms with Crippen LogP contribution in [0.15, 0.2) is 18.5 Å². The van der Waals surface area contributed by atoms with E-state index in [2.05, 4.69) is 4.98 Å². The molecule has 0 aromatic carbocycles. The fourth-order valence-corrected chi connectivity index (χ4v) is 2.93. The third kappa shape index (κ3) is 3.18. The van der Waals surface area contributed by atoms with Gasteiger partial charge in [0.25, 0.3) is 0 Å². The molecule has 0 radical (unpaired) electrons. The summed E-state index contributed by atoms with van der Waals surface area (Å²) in [5, 5.41) is 0. The van der Waals surface area contributed by atoms with Gasteiger partial charge in [-0.3, -0.25) is 9.78 Å². The van der Waals surface area contributed by atoms with Gasteiger partial charge in [-0.25, -0.2) is 0 Å². The zero-order chi connectivity index (χ0) is 14.4. The molecule has 110 valence electrons. The van der Waals surface area contributed by atoms with Gasteiger partial charge in [0.1, 0.15) is 11.4 Å². The number of hydrogen-bond acceptors (Lipinski definition) is 4. The molecule has 1 aliphatic rings. The Balaban J connectivity index is 2.29. The molecule has 1 heterocycles. The van der Waals surface area contributed by atoms with Crippen LogP contribution in [0.25, 0.3) is 0 Å². The van der Waals surface area contributed by atoms with E-state index in [1.165, 1.54) is 12.8 Å². The lowest BCUT2D eigenvalue weighted by Crippen LogP contribution is -2.41. The minimum Gasteiger partial charge on any atom is -0.495 e. The molecule has 0 saturated heterocycles. The van der Waals surface area contributed by atoms with Crippen LogP contribution >= 0.6 is 0 Å². The first-order valence-electron chi connectivity index (χ1n) is 7.39. The highest BCUT2D eigenvalue weighted by Gasteiger charge is 2.39. The van der Waals surface area contributed by atoms with Gasteiger partial charge in [-0.2, -0.15) is 0 Å². The van der Waals surface area contributed by atoms with Crippen molar-refractivity contribution in [2.24, 2.45) is 0 Å². The van der Waals surface area contributed by atoms with Gasteiger partial charge < -0.3 is 9.47 Å². The van der Waals surface area contributed by atoms with Crippen LogP contribution in [-0.4, -0.2) is 30.1 Å². The second-order valence-electron chi connectivity index (χ2n) is 5.28. The summed E-state index contributed by atoms with van der Waals surface area (Å²) in [7, 11) is 1.58. The second-order valence-corrected chi connectivity index (χ2v) is 5.28. The number of aromatic nitrogens is 1. The molecular formula is C16H23NO3. The van der Waals surface area contributed by atoms with E-state index < -0.39 is 5.60 Å². The average Bonchev–Trinajstić information content (AvgIpc) is 2.73. The van der Waals surface area contributed by atoms with Crippen molar-refractivity contribution in [2.75, 3.05) is 13.7 Å². The van der Waals surface area contributed by atoms with Crippen molar-refractivity contribution in [3.63, 3.8) is 0 Å². The highest BCUT2D eigenvalue weighted by molar-refractivity contribution is 6.02. The van der Waals surface area contributed by atoms with Crippen LogP contribution in [0.3, 0.4) is 0 Å². The summed E-state index contributed by atoms with van der Waals surface area (Å²) in [6.07, 6.45) is 9.27. The van der Waals surface area contributed by atoms with Gasteiger partial charge in [-0.15, -0.1) is 0 Å². The Morgan fingerprint density at radius 2 is 1.95 bits per heavy atom. The van der Waals surface area contributed by atoms with Gasteiger partial charge in [0, 0.05) is 18.4 Å². The maximum atomic E-state index is 12.9. The normalized spacial score (nSPS) is 18.3. The van der Waals surface area contributed by atoms with Crippen LogP contribution in [0.1, 0.15) is 55.8 Å². The number of carbonyl (C=O) groups excluding carboxylic acids is 1. The molecule has 0 bridgehead atoms. The number of Topliss-reactive ketones (excluding diaryl/α,β-unsaturated/α-hetero) is 1. The zero-order valence-electron chi connectivity index (χ0n) is 12.4. The molecule has 0 unspecified atom stereocenters. The maximum absolute atomic E-state index is 12.9. The van der Waals surface area contributed by atoms with Crippen molar-refractivity contribution in [1.29, 1.82) is 0 Å². The van der Waals surface area contributed by atoms with Crippen LogP contribution in [0.4, 0.5) is 0 Å². The number of methoxy groups -OCH3 is 1. The van der Waals surface area contributed by atoms with Crippen molar-refractivity contribution >= 4 is 5.78 Å². The standard InChI is InChI=1S/C16H23NO3/c1-3-20-16(8-6-4-5-7-9-16)15(18)13-10-14(19-2)12-17-11-13/h10-12H,3-9H2,1-2H3. The molecule has 4 heteroatoms. The lowest BCUT2D eigenvalue weighted by molar-refractivity contribution is -0.0292. The van der Waals surface area contributed by atoms with Crippen LogP contribution in [-0.2, 0) is 4.74 Å². The van der Waals surface area contributed by atoms with Gasteiger partial charge >= 0.3 is 0 Å². The Morgan fingerprint density at radius 1 is 1.25 bits per heavy atom. The summed E-state index contributed by atoms with van der Waals surface area (Å²) in [6, 6.07) is 1.75. The number of rotatable bonds is 5. The summed E-state index contributed by atoms with van der Waals surface area (Å²) in [6.45, 7) is 2.51. The summed E-state index contributed by atoms with van der Waals surface area (Å²) in [4.78, 5) is 17.0. The van der Waals surface area contributed by atoms with Crippen LogP contribution in [0.5, 0.6) is 5.75 Å². The molecular weight excluding hydrogens is 254 g/mol. The van der Waals surface area contributed by atoms with Gasteiger partial charge in [0.05, 0.1) is 13.3 Å². The van der Waals surface area contributed by atoms with Crippen LogP contribution in [0, 0.1) is 0 Å². The predicted octanol–water partition coefficient (Wildman–Crippen LogP) is 3.40.